The highest BCUT2D eigenvalue weighted by Gasteiger charge is 2.26. The number of rotatable bonds is 6. The molecule has 2 aliphatic heterocycles. The van der Waals surface area contributed by atoms with Crippen LogP contribution in [0.2, 0.25) is 0 Å². The molecule has 2 aliphatic rings. The lowest BCUT2D eigenvalue weighted by Crippen LogP contribution is -2.50. The van der Waals surface area contributed by atoms with E-state index in [1.54, 1.807) is 10.7 Å². The molecule has 9 heteroatoms. The number of aliphatic hydroxyl groups is 1. The third-order valence-corrected chi connectivity index (χ3v) is 7.29. The third kappa shape index (κ3) is 4.37. The van der Waals surface area contributed by atoms with Crippen molar-refractivity contribution in [1.82, 2.24) is 14.8 Å². The minimum Gasteiger partial charge on any atom is -0.477 e. The van der Waals surface area contributed by atoms with E-state index in [2.05, 4.69) is 40.8 Å². The summed E-state index contributed by atoms with van der Waals surface area (Å²) in [4.78, 5) is 21.1. The van der Waals surface area contributed by atoms with E-state index in [0.717, 1.165) is 52.4 Å². The van der Waals surface area contributed by atoms with Gasteiger partial charge >= 0.3 is 5.97 Å². The first kappa shape index (κ1) is 24.4. The molecule has 0 amide bonds. The van der Waals surface area contributed by atoms with Gasteiger partial charge in [-0.1, -0.05) is 32.0 Å². The predicted molar refractivity (Wildman–Crippen MR) is 147 cm³/mol. The van der Waals surface area contributed by atoms with Crippen LogP contribution in [0.25, 0.3) is 27.8 Å². The molecule has 0 saturated carbocycles. The van der Waals surface area contributed by atoms with E-state index in [-0.39, 0.29) is 17.7 Å². The zero-order chi connectivity index (χ0) is 26.4. The van der Waals surface area contributed by atoms with Crippen LogP contribution in [0, 0.1) is 0 Å². The number of carboxylic acids is 1. The third-order valence-electron chi connectivity index (χ3n) is 7.29. The Bertz CT molecular complexity index is 1490. The molecule has 2 N–H and O–H groups in total. The molecule has 9 nitrogen and oxygen atoms in total. The average molecular weight is 514 g/mol. The molecule has 0 atom stereocenters. The molecule has 4 aromatic rings. The number of aromatic carboxylic acids is 1. The highest BCUT2D eigenvalue weighted by molar-refractivity contribution is 6.00. The summed E-state index contributed by atoms with van der Waals surface area (Å²) in [5.74, 6) is -0.989. The number of carboxylic acid groups (broad SMARTS) is 1. The van der Waals surface area contributed by atoms with Crippen molar-refractivity contribution in [1.29, 1.82) is 0 Å². The molecule has 4 heterocycles. The fourth-order valence-corrected chi connectivity index (χ4v) is 5.22. The van der Waals surface area contributed by atoms with Gasteiger partial charge in [0.15, 0.2) is 11.3 Å². The van der Waals surface area contributed by atoms with Crippen molar-refractivity contribution in [2.75, 3.05) is 49.2 Å². The van der Waals surface area contributed by atoms with Crippen LogP contribution in [0.4, 0.5) is 11.4 Å². The van der Waals surface area contributed by atoms with Crippen LogP contribution in [0.1, 0.15) is 35.9 Å². The second-order valence-electron chi connectivity index (χ2n) is 10.2. The van der Waals surface area contributed by atoms with E-state index < -0.39 is 5.97 Å². The van der Waals surface area contributed by atoms with Crippen LogP contribution < -0.4 is 9.80 Å². The van der Waals surface area contributed by atoms with Crippen molar-refractivity contribution in [3.63, 3.8) is 0 Å². The van der Waals surface area contributed by atoms with Crippen molar-refractivity contribution in [2.24, 2.45) is 0 Å². The van der Waals surface area contributed by atoms with Gasteiger partial charge in [-0.05, 0) is 53.4 Å². The highest BCUT2D eigenvalue weighted by atomic mass is 16.5. The summed E-state index contributed by atoms with van der Waals surface area (Å²) in [5, 5.41) is 25.5. The molecule has 0 aliphatic carbocycles. The number of morpholine rings is 1. The summed E-state index contributed by atoms with van der Waals surface area (Å²) in [6.07, 6.45) is -0.311. The number of benzene rings is 2. The van der Waals surface area contributed by atoms with Gasteiger partial charge in [-0.25, -0.2) is 14.5 Å². The molecular weight excluding hydrogens is 482 g/mol. The molecule has 196 valence electrons. The maximum absolute atomic E-state index is 12.2. The van der Waals surface area contributed by atoms with Gasteiger partial charge < -0.3 is 24.7 Å². The second kappa shape index (κ2) is 9.74. The zero-order valence-electron chi connectivity index (χ0n) is 21.5. The van der Waals surface area contributed by atoms with Crippen molar-refractivity contribution in [3.8, 4) is 16.8 Å². The number of nitrogens with zero attached hydrogens (tertiary/aromatic N) is 5. The average Bonchev–Trinajstić information content (AvgIpc) is 3.32. The molecule has 2 fully saturated rings. The fourth-order valence-electron chi connectivity index (χ4n) is 5.22. The summed E-state index contributed by atoms with van der Waals surface area (Å²) in [5.41, 5.74) is 5.97. The Labute approximate surface area is 220 Å². The summed E-state index contributed by atoms with van der Waals surface area (Å²) in [6.45, 7) is 8.47. The highest BCUT2D eigenvalue weighted by Crippen LogP contribution is 2.37. The number of ether oxygens (including phenoxy) is 1. The number of hydrogen-bond acceptors (Lipinski definition) is 7. The standard InChI is InChI=1S/C29H31N5O4/c1-18(2)27-26-24(19-6-8-20(9-7-19)32-10-12-38-13-11-32)15-25(29(36)37)30-28(26)34(31-27)22-5-3-4-21(14-22)33-16-23(35)17-33/h3-9,14-15,18,23,35H,10-13,16-17H2,1-2H3,(H,36,37). The van der Waals surface area contributed by atoms with Gasteiger partial charge in [0.2, 0.25) is 0 Å². The number of β-amino-alcohol motifs (C(OH)–C–C–N with tert-alkyl or cyclic N) is 1. The number of aliphatic hydroxyl groups excluding tert-OH is 1. The molecule has 2 saturated heterocycles. The normalized spacial score (nSPS) is 16.3. The van der Waals surface area contributed by atoms with Gasteiger partial charge in [-0.2, -0.15) is 5.10 Å². The number of aromatic nitrogens is 3. The van der Waals surface area contributed by atoms with Crippen molar-refractivity contribution < 1.29 is 19.7 Å². The predicted octanol–water partition coefficient (Wildman–Crippen LogP) is 3.93. The summed E-state index contributed by atoms with van der Waals surface area (Å²) in [6, 6.07) is 17.8. The largest absolute Gasteiger partial charge is 0.477 e. The summed E-state index contributed by atoms with van der Waals surface area (Å²) in [7, 11) is 0. The summed E-state index contributed by atoms with van der Waals surface area (Å²) >= 11 is 0. The lowest BCUT2D eigenvalue weighted by atomic mass is 9.97. The van der Waals surface area contributed by atoms with Gasteiger partial charge in [0.05, 0.1) is 36.1 Å². The van der Waals surface area contributed by atoms with E-state index in [0.29, 0.717) is 32.0 Å². The van der Waals surface area contributed by atoms with E-state index in [4.69, 9.17) is 9.84 Å². The number of fused-ring (bicyclic) bond motifs is 1. The van der Waals surface area contributed by atoms with Crippen molar-refractivity contribution in [3.05, 3.63) is 66.0 Å². The van der Waals surface area contributed by atoms with E-state index in [1.807, 2.05) is 36.4 Å². The quantitative estimate of drug-likeness (QED) is 0.400. The SMILES string of the molecule is CC(C)c1nn(-c2cccc(N3CC(O)C3)c2)c2nc(C(=O)O)cc(-c3ccc(N4CCOCC4)cc3)c12. The number of hydrogen-bond donors (Lipinski definition) is 2. The summed E-state index contributed by atoms with van der Waals surface area (Å²) < 4.78 is 7.23. The first-order chi connectivity index (χ1) is 18.4. The molecule has 0 bridgehead atoms. The topological polar surface area (TPSA) is 104 Å². The molecule has 0 radical (unpaired) electrons. The maximum Gasteiger partial charge on any atom is 0.354 e. The van der Waals surface area contributed by atoms with Crippen molar-refractivity contribution >= 4 is 28.4 Å². The van der Waals surface area contributed by atoms with E-state index in [1.165, 1.54) is 0 Å². The maximum atomic E-state index is 12.2. The zero-order valence-corrected chi connectivity index (χ0v) is 21.5. The Morgan fingerprint density at radius 3 is 2.34 bits per heavy atom. The minimum atomic E-state index is -1.08. The van der Waals surface area contributed by atoms with Gasteiger partial charge in [0.25, 0.3) is 0 Å². The van der Waals surface area contributed by atoms with Gasteiger partial charge in [-0.15, -0.1) is 0 Å². The lowest BCUT2D eigenvalue weighted by Gasteiger charge is -2.38. The van der Waals surface area contributed by atoms with Gasteiger partial charge in [0.1, 0.15) is 0 Å². The van der Waals surface area contributed by atoms with E-state index >= 15 is 0 Å². The molecular formula is C29H31N5O4. The monoisotopic (exact) mass is 513 g/mol. The number of carbonyl (C=O) groups is 1. The van der Waals surface area contributed by atoms with Crippen LogP contribution in [-0.2, 0) is 4.74 Å². The number of anilines is 2. The second-order valence-corrected chi connectivity index (χ2v) is 10.2. The van der Waals surface area contributed by atoms with Gasteiger partial charge in [-0.3, -0.25) is 0 Å². The Kier molecular flexibility index (Phi) is 6.25. The van der Waals surface area contributed by atoms with Crippen LogP contribution in [-0.4, -0.2) is 76.4 Å². The Hall–Kier alpha value is -3.95. The fraction of sp³-hybridized carbons (Fsp3) is 0.345. The first-order valence-electron chi connectivity index (χ1n) is 13.0. The Morgan fingerprint density at radius 1 is 0.974 bits per heavy atom. The first-order valence-corrected chi connectivity index (χ1v) is 13.0. The Morgan fingerprint density at radius 2 is 1.68 bits per heavy atom. The van der Waals surface area contributed by atoms with E-state index in [9.17, 15) is 15.0 Å². The van der Waals surface area contributed by atoms with Gasteiger partial charge in [0, 0.05) is 37.6 Å². The van der Waals surface area contributed by atoms with Crippen LogP contribution >= 0.6 is 0 Å². The smallest absolute Gasteiger partial charge is 0.354 e. The molecule has 0 unspecified atom stereocenters. The molecule has 0 spiro atoms. The van der Waals surface area contributed by atoms with Crippen LogP contribution in [0.3, 0.4) is 0 Å². The molecule has 6 rings (SSSR count). The van der Waals surface area contributed by atoms with Crippen molar-refractivity contribution in [2.45, 2.75) is 25.9 Å². The molecule has 2 aromatic carbocycles. The lowest BCUT2D eigenvalue weighted by molar-refractivity contribution is 0.0691. The van der Waals surface area contributed by atoms with Crippen LogP contribution in [0.15, 0.2) is 54.6 Å². The Balaban J connectivity index is 1.50. The minimum absolute atomic E-state index is 0.0248. The van der Waals surface area contributed by atoms with Crippen LogP contribution in [0.5, 0.6) is 0 Å². The molecule has 2 aromatic heterocycles. The molecule has 38 heavy (non-hydrogen) atoms. The number of pyridine rings is 1.